The van der Waals surface area contributed by atoms with Gasteiger partial charge < -0.3 is 5.32 Å². The number of imide groups is 1. The molecule has 0 fully saturated rings. The Morgan fingerprint density at radius 2 is 1.57 bits per heavy atom. The third-order valence-electron chi connectivity index (χ3n) is 3.53. The predicted octanol–water partition coefficient (Wildman–Crippen LogP) is 3.97. The zero-order valence-corrected chi connectivity index (χ0v) is 15.8. The number of anilines is 1. The molecule has 2 rings (SSSR count). The molecule has 0 saturated carbocycles. The highest BCUT2D eigenvalue weighted by Crippen LogP contribution is 2.36. The minimum absolute atomic E-state index is 0.0521. The molecule has 0 aliphatic heterocycles. The first-order valence-electron chi connectivity index (χ1n) is 7.55. The van der Waals surface area contributed by atoms with Crippen LogP contribution in [0.4, 0.5) is 36.8 Å². The SMILES string of the molecule is O=C(NC(=O)c1c(F)cccc1F)Nc1ccc(S(=O)(=O)C(F)(F)C(F)Cl)cc1F. The van der Waals surface area contributed by atoms with Crippen molar-refractivity contribution in [2.24, 2.45) is 0 Å². The van der Waals surface area contributed by atoms with Gasteiger partial charge in [-0.25, -0.2) is 30.8 Å². The van der Waals surface area contributed by atoms with E-state index in [1.807, 2.05) is 0 Å². The molecule has 30 heavy (non-hydrogen) atoms. The number of alkyl halides is 4. The van der Waals surface area contributed by atoms with Crippen LogP contribution in [0.15, 0.2) is 41.3 Å². The number of sulfone groups is 1. The first-order valence-corrected chi connectivity index (χ1v) is 9.47. The van der Waals surface area contributed by atoms with Gasteiger partial charge in [0, 0.05) is 0 Å². The smallest absolute Gasteiger partial charge is 0.305 e. The molecular formula is C16H9ClF6N2O4S. The lowest BCUT2D eigenvalue weighted by Crippen LogP contribution is -2.36. The van der Waals surface area contributed by atoms with Crippen LogP contribution in [0.2, 0.25) is 0 Å². The number of carbonyl (C=O) groups is 2. The van der Waals surface area contributed by atoms with E-state index >= 15 is 0 Å². The summed E-state index contributed by atoms with van der Waals surface area (Å²) < 4.78 is 104. The van der Waals surface area contributed by atoms with E-state index in [9.17, 15) is 44.3 Å². The molecule has 0 aromatic heterocycles. The Morgan fingerprint density at radius 1 is 1.00 bits per heavy atom. The van der Waals surface area contributed by atoms with E-state index in [1.165, 1.54) is 5.32 Å². The van der Waals surface area contributed by atoms with Crippen molar-refractivity contribution >= 4 is 39.1 Å². The Hall–Kier alpha value is -2.80. The number of nitrogens with one attached hydrogen (secondary N) is 2. The summed E-state index contributed by atoms with van der Waals surface area (Å²) in [6.45, 7) is 0. The van der Waals surface area contributed by atoms with Gasteiger partial charge in [-0.2, -0.15) is 8.78 Å². The Labute approximate surface area is 169 Å². The molecule has 2 N–H and O–H groups in total. The summed E-state index contributed by atoms with van der Waals surface area (Å²) >= 11 is 4.52. The van der Waals surface area contributed by atoms with Crippen molar-refractivity contribution in [1.82, 2.24) is 5.32 Å². The summed E-state index contributed by atoms with van der Waals surface area (Å²) in [5, 5.41) is -1.85. The summed E-state index contributed by atoms with van der Waals surface area (Å²) in [7, 11) is -5.72. The highest BCUT2D eigenvalue weighted by Gasteiger charge is 2.53. The maximum absolute atomic E-state index is 14.0. The average molecular weight is 475 g/mol. The second-order valence-corrected chi connectivity index (χ2v) is 7.92. The molecule has 0 aliphatic carbocycles. The lowest BCUT2D eigenvalue weighted by atomic mass is 10.2. The topological polar surface area (TPSA) is 92.3 Å². The van der Waals surface area contributed by atoms with Gasteiger partial charge in [0.05, 0.1) is 10.6 Å². The van der Waals surface area contributed by atoms with Gasteiger partial charge in [0.2, 0.25) is 9.84 Å². The van der Waals surface area contributed by atoms with Crippen LogP contribution in [0.3, 0.4) is 0 Å². The standard InChI is InChI=1S/C16H9ClF6N2O4S/c17-14(21)16(22,23)30(28,29)7-4-5-11(10(20)6-7)24-15(27)25-13(26)12-8(18)2-1-3-9(12)19/h1-6,14H,(H2,24,25,26,27). The van der Waals surface area contributed by atoms with Crippen molar-refractivity contribution < 1.29 is 44.3 Å². The van der Waals surface area contributed by atoms with Gasteiger partial charge in [-0.3, -0.25) is 10.1 Å². The molecule has 14 heteroatoms. The van der Waals surface area contributed by atoms with Gasteiger partial charge in [-0.05, 0) is 30.3 Å². The number of carbonyl (C=O) groups excluding carboxylic acids is 2. The van der Waals surface area contributed by atoms with Crippen molar-refractivity contribution in [3.8, 4) is 0 Å². The molecule has 3 amide bonds. The van der Waals surface area contributed by atoms with Crippen LogP contribution < -0.4 is 10.6 Å². The number of hydrogen-bond acceptors (Lipinski definition) is 4. The van der Waals surface area contributed by atoms with Gasteiger partial charge in [-0.15, -0.1) is 0 Å². The van der Waals surface area contributed by atoms with Crippen molar-refractivity contribution in [1.29, 1.82) is 0 Å². The van der Waals surface area contributed by atoms with Crippen LogP contribution >= 0.6 is 11.6 Å². The zero-order valence-electron chi connectivity index (χ0n) is 14.2. The molecule has 1 unspecified atom stereocenters. The Kier molecular flexibility index (Phi) is 6.67. The van der Waals surface area contributed by atoms with E-state index in [4.69, 9.17) is 0 Å². The molecule has 0 radical (unpaired) electrons. The fourth-order valence-corrected chi connectivity index (χ4v) is 3.48. The van der Waals surface area contributed by atoms with E-state index in [1.54, 1.807) is 5.32 Å². The lowest BCUT2D eigenvalue weighted by Gasteiger charge is -2.17. The molecule has 6 nitrogen and oxygen atoms in total. The highest BCUT2D eigenvalue weighted by atomic mass is 35.5. The highest BCUT2D eigenvalue weighted by molar-refractivity contribution is 7.92. The van der Waals surface area contributed by atoms with Crippen molar-refractivity contribution in [2.75, 3.05) is 5.32 Å². The van der Waals surface area contributed by atoms with Gasteiger partial charge in [0.1, 0.15) is 23.0 Å². The number of rotatable bonds is 5. The second kappa shape index (κ2) is 8.52. The Balaban J connectivity index is 2.21. The van der Waals surface area contributed by atoms with Crippen LogP contribution in [-0.4, -0.2) is 31.2 Å². The molecule has 162 valence electrons. The maximum atomic E-state index is 14.0. The third kappa shape index (κ3) is 4.51. The van der Waals surface area contributed by atoms with Crippen LogP contribution in [0.1, 0.15) is 10.4 Å². The van der Waals surface area contributed by atoms with Gasteiger partial charge in [0.15, 0.2) is 0 Å². The molecule has 2 aromatic rings. The number of benzene rings is 2. The number of urea groups is 1. The molecular weight excluding hydrogens is 466 g/mol. The largest absolute Gasteiger partial charge is 0.393 e. The third-order valence-corrected chi connectivity index (χ3v) is 5.73. The number of amides is 3. The molecule has 2 aromatic carbocycles. The maximum Gasteiger partial charge on any atom is 0.393 e. The molecule has 0 saturated heterocycles. The van der Waals surface area contributed by atoms with E-state index < -0.39 is 66.3 Å². The van der Waals surface area contributed by atoms with Crippen LogP contribution in [-0.2, 0) is 9.84 Å². The first-order chi connectivity index (χ1) is 13.8. The summed E-state index contributed by atoms with van der Waals surface area (Å²) in [6, 6.07) is 1.96. The van der Waals surface area contributed by atoms with Gasteiger partial charge >= 0.3 is 11.3 Å². The minimum atomic E-state index is -5.72. The average Bonchev–Trinajstić information content (AvgIpc) is 2.62. The number of hydrogen-bond donors (Lipinski definition) is 2. The molecule has 0 aliphatic rings. The molecule has 0 spiro atoms. The number of halogens is 7. The van der Waals surface area contributed by atoms with Crippen LogP contribution in [0, 0.1) is 17.5 Å². The quantitative estimate of drug-likeness (QED) is 0.507. The summed E-state index contributed by atoms with van der Waals surface area (Å²) in [4.78, 5) is 22.2. The monoisotopic (exact) mass is 474 g/mol. The van der Waals surface area contributed by atoms with Crippen molar-refractivity contribution in [3.63, 3.8) is 0 Å². The fraction of sp³-hybridized carbons (Fsp3) is 0.125. The van der Waals surface area contributed by atoms with Crippen LogP contribution in [0.5, 0.6) is 0 Å². The zero-order chi connectivity index (χ0) is 22.9. The van der Waals surface area contributed by atoms with Crippen LogP contribution in [0.25, 0.3) is 0 Å². The minimum Gasteiger partial charge on any atom is -0.305 e. The molecule has 0 heterocycles. The van der Waals surface area contributed by atoms with Gasteiger partial charge in [0.25, 0.3) is 11.5 Å². The van der Waals surface area contributed by atoms with E-state index in [-0.39, 0.29) is 6.07 Å². The summed E-state index contributed by atoms with van der Waals surface area (Å²) in [5.74, 6) is -5.64. The summed E-state index contributed by atoms with van der Waals surface area (Å²) in [6.07, 6.45) is 0. The van der Waals surface area contributed by atoms with Gasteiger partial charge in [-0.1, -0.05) is 17.7 Å². The van der Waals surface area contributed by atoms with E-state index in [2.05, 4.69) is 11.6 Å². The summed E-state index contributed by atoms with van der Waals surface area (Å²) in [5.41, 5.74) is -5.50. The Bertz CT molecular complexity index is 1090. The molecule has 1 atom stereocenters. The Morgan fingerprint density at radius 3 is 2.07 bits per heavy atom. The normalized spacial score (nSPS) is 12.9. The second-order valence-electron chi connectivity index (χ2n) is 5.51. The first kappa shape index (κ1) is 23.5. The van der Waals surface area contributed by atoms with E-state index in [0.29, 0.717) is 12.1 Å². The van der Waals surface area contributed by atoms with Crippen molar-refractivity contribution in [2.45, 2.75) is 15.8 Å². The fourth-order valence-electron chi connectivity index (χ4n) is 2.07. The van der Waals surface area contributed by atoms with E-state index in [0.717, 1.165) is 18.2 Å². The molecule has 0 bridgehead atoms. The predicted molar refractivity (Wildman–Crippen MR) is 92.1 cm³/mol. The lowest BCUT2D eigenvalue weighted by molar-refractivity contribution is 0.0423. The van der Waals surface area contributed by atoms with Crippen molar-refractivity contribution in [3.05, 3.63) is 59.4 Å².